The summed E-state index contributed by atoms with van der Waals surface area (Å²) in [6, 6.07) is -1.75. The van der Waals surface area contributed by atoms with Gasteiger partial charge in [-0.15, -0.1) is 0 Å². The predicted octanol–water partition coefficient (Wildman–Crippen LogP) is -1.24. The van der Waals surface area contributed by atoms with Gasteiger partial charge >= 0.3 is 12.0 Å². The lowest BCUT2D eigenvalue weighted by Gasteiger charge is -2.14. The molecule has 1 rings (SSSR count). The fourth-order valence-electron chi connectivity index (χ4n) is 1.56. The molecule has 0 saturated heterocycles. The van der Waals surface area contributed by atoms with E-state index in [1.807, 2.05) is 0 Å². The van der Waals surface area contributed by atoms with E-state index >= 15 is 0 Å². The maximum atomic E-state index is 11.5. The van der Waals surface area contributed by atoms with Crippen LogP contribution >= 0.6 is 0 Å². The Labute approximate surface area is 120 Å². The minimum absolute atomic E-state index is 0.0455. The van der Waals surface area contributed by atoms with Gasteiger partial charge in [-0.2, -0.15) is 5.10 Å². The van der Waals surface area contributed by atoms with Crippen LogP contribution in [0.2, 0.25) is 0 Å². The standard InChI is InChI=1S/C11H18N6O4/c12-8(18)4-3-7(10(19)20)16-11(21)13-5-1-2-9-14-6-15-17-9/h6-7H,1-5H2,(H2,12,18)(H,19,20)(H2,13,16,21)(H,14,15,17). The van der Waals surface area contributed by atoms with E-state index < -0.39 is 23.9 Å². The Morgan fingerprint density at radius 1 is 1.43 bits per heavy atom. The Hall–Kier alpha value is -2.65. The smallest absolute Gasteiger partial charge is 0.326 e. The van der Waals surface area contributed by atoms with Gasteiger partial charge in [0.15, 0.2) is 0 Å². The number of aryl methyl sites for hydroxylation is 1. The summed E-state index contributed by atoms with van der Waals surface area (Å²) >= 11 is 0. The fourth-order valence-corrected chi connectivity index (χ4v) is 1.56. The van der Waals surface area contributed by atoms with Crippen LogP contribution in [0.15, 0.2) is 6.33 Å². The molecule has 0 bridgehead atoms. The first-order valence-electron chi connectivity index (χ1n) is 6.38. The molecular formula is C11H18N6O4. The number of carbonyl (C=O) groups excluding carboxylic acids is 2. The molecule has 0 aliphatic rings. The van der Waals surface area contributed by atoms with Gasteiger partial charge in [0.1, 0.15) is 18.2 Å². The van der Waals surface area contributed by atoms with Crippen molar-refractivity contribution in [3.05, 3.63) is 12.2 Å². The summed E-state index contributed by atoms with van der Waals surface area (Å²) in [7, 11) is 0. The number of nitrogens with two attached hydrogens (primary N) is 1. The van der Waals surface area contributed by atoms with Crippen LogP contribution in [0.5, 0.6) is 0 Å². The zero-order valence-electron chi connectivity index (χ0n) is 11.3. The van der Waals surface area contributed by atoms with Gasteiger partial charge in [0, 0.05) is 19.4 Å². The van der Waals surface area contributed by atoms with Crippen molar-refractivity contribution >= 4 is 17.9 Å². The molecule has 21 heavy (non-hydrogen) atoms. The van der Waals surface area contributed by atoms with Gasteiger partial charge in [0.2, 0.25) is 5.91 Å². The lowest BCUT2D eigenvalue weighted by Crippen LogP contribution is -2.46. The van der Waals surface area contributed by atoms with Gasteiger partial charge in [-0.1, -0.05) is 0 Å². The minimum Gasteiger partial charge on any atom is -0.480 e. The van der Waals surface area contributed by atoms with Crippen molar-refractivity contribution in [2.75, 3.05) is 6.54 Å². The molecule has 3 amide bonds. The van der Waals surface area contributed by atoms with E-state index in [1.165, 1.54) is 6.33 Å². The third-order valence-corrected chi connectivity index (χ3v) is 2.62. The SMILES string of the molecule is NC(=O)CCC(NC(=O)NCCCc1ncn[nH]1)C(=O)O. The Kier molecular flexibility index (Phi) is 6.65. The highest BCUT2D eigenvalue weighted by atomic mass is 16.4. The van der Waals surface area contributed by atoms with Crippen LogP contribution in [-0.4, -0.2) is 50.8 Å². The average Bonchev–Trinajstić information content (AvgIpc) is 2.92. The van der Waals surface area contributed by atoms with E-state index in [4.69, 9.17) is 10.8 Å². The first kappa shape index (κ1) is 16.4. The normalized spacial score (nSPS) is 11.6. The number of hydrogen-bond acceptors (Lipinski definition) is 5. The molecule has 1 atom stereocenters. The topological polar surface area (TPSA) is 163 Å². The van der Waals surface area contributed by atoms with E-state index in [0.717, 1.165) is 0 Å². The molecule has 0 saturated carbocycles. The summed E-state index contributed by atoms with van der Waals surface area (Å²) in [6.07, 6.45) is 2.48. The summed E-state index contributed by atoms with van der Waals surface area (Å²) in [6.45, 7) is 0.356. The third kappa shape index (κ3) is 6.89. The quantitative estimate of drug-likeness (QED) is 0.358. The molecule has 1 heterocycles. The molecule has 10 heteroatoms. The summed E-state index contributed by atoms with van der Waals surface area (Å²) in [5.74, 6) is -1.12. The molecule has 1 aromatic heterocycles. The number of rotatable bonds is 9. The van der Waals surface area contributed by atoms with Gasteiger partial charge in [-0.05, 0) is 12.8 Å². The minimum atomic E-state index is -1.21. The molecule has 0 spiro atoms. The molecule has 0 fully saturated rings. The summed E-state index contributed by atoms with van der Waals surface area (Å²) in [4.78, 5) is 37.0. The van der Waals surface area contributed by atoms with E-state index in [-0.39, 0.29) is 12.8 Å². The molecule has 6 N–H and O–H groups in total. The molecular weight excluding hydrogens is 280 g/mol. The number of nitrogens with zero attached hydrogens (tertiary/aromatic N) is 2. The molecule has 0 aromatic carbocycles. The van der Waals surface area contributed by atoms with Crippen LogP contribution < -0.4 is 16.4 Å². The molecule has 0 aliphatic heterocycles. The number of aliphatic carboxylic acids is 1. The Morgan fingerprint density at radius 3 is 2.76 bits per heavy atom. The van der Waals surface area contributed by atoms with Crippen LogP contribution in [-0.2, 0) is 16.0 Å². The number of primary amides is 1. The lowest BCUT2D eigenvalue weighted by molar-refractivity contribution is -0.139. The summed E-state index contributed by atoms with van der Waals surface area (Å²) in [5.41, 5.74) is 4.94. The zero-order valence-corrected chi connectivity index (χ0v) is 11.3. The molecule has 0 aliphatic carbocycles. The molecule has 1 unspecified atom stereocenters. The van der Waals surface area contributed by atoms with Crippen molar-refractivity contribution in [2.24, 2.45) is 5.73 Å². The number of hydrogen-bond donors (Lipinski definition) is 5. The number of aromatic nitrogens is 3. The van der Waals surface area contributed by atoms with Crippen molar-refractivity contribution in [1.82, 2.24) is 25.8 Å². The second-order valence-electron chi connectivity index (χ2n) is 4.33. The van der Waals surface area contributed by atoms with Crippen LogP contribution in [0.1, 0.15) is 25.1 Å². The van der Waals surface area contributed by atoms with Crippen LogP contribution in [0.4, 0.5) is 4.79 Å². The maximum absolute atomic E-state index is 11.5. The van der Waals surface area contributed by atoms with Crippen molar-refractivity contribution in [1.29, 1.82) is 0 Å². The molecule has 10 nitrogen and oxygen atoms in total. The molecule has 1 aromatic rings. The number of carboxylic acids is 1. The number of carboxylic acid groups (broad SMARTS) is 1. The maximum Gasteiger partial charge on any atom is 0.326 e. The summed E-state index contributed by atoms with van der Waals surface area (Å²) in [5, 5.41) is 20.1. The number of H-pyrrole nitrogens is 1. The number of nitrogens with one attached hydrogen (secondary N) is 3. The van der Waals surface area contributed by atoms with E-state index in [1.54, 1.807) is 0 Å². The number of carbonyl (C=O) groups is 3. The van der Waals surface area contributed by atoms with Gasteiger partial charge in [0.05, 0.1) is 0 Å². The van der Waals surface area contributed by atoms with Crippen LogP contribution in [0, 0.1) is 0 Å². The predicted molar refractivity (Wildman–Crippen MR) is 71.1 cm³/mol. The number of urea groups is 1. The van der Waals surface area contributed by atoms with E-state index in [2.05, 4.69) is 25.8 Å². The average molecular weight is 298 g/mol. The van der Waals surface area contributed by atoms with E-state index in [9.17, 15) is 14.4 Å². The lowest BCUT2D eigenvalue weighted by atomic mass is 10.1. The Morgan fingerprint density at radius 2 is 2.19 bits per heavy atom. The third-order valence-electron chi connectivity index (χ3n) is 2.62. The van der Waals surface area contributed by atoms with Crippen molar-refractivity contribution in [2.45, 2.75) is 31.7 Å². The molecule has 116 valence electrons. The van der Waals surface area contributed by atoms with Crippen molar-refractivity contribution in [3.63, 3.8) is 0 Å². The number of aromatic amines is 1. The first-order valence-corrected chi connectivity index (χ1v) is 6.38. The largest absolute Gasteiger partial charge is 0.480 e. The monoisotopic (exact) mass is 298 g/mol. The number of amides is 3. The van der Waals surface area contributed by atoms with Gasteiger partial charge < -0.3 is 21.5 Å². The second-order valence-corrected chi connectivity index (χ2v) is 4.33. The van der Waals surface area contributed by atoms with Gasteiger partial charge in [-0.25, -0.2) is 14.6 Å². The highest BCUT2D eigenvalue weighted by molar-refractivity contribution is 5.83. The van der Waals surface area contributed by atoms with Crippen molar-refractivity contribution < 1.29 is 19.5 Å². The van der Waals surface area contributed by atoms with Crippen LogP contribution in [0.3, 0.4) is 0 Å². The highest BCUT2D eigenvalue weighted by Crippen LogP contribution is 1.97. The second kappa shape index (κ2) is 8.51. The van der Waals surface area contributed by atoms with E-state index in [0.29, 0.717) is 25.2 Å². The molecule has 0 radical (unpaired) electrons. The summed E-state index contributed by atoms with van der Waals surface area (Å²) < 4.78 is 0. The Bertz CT molecular complexity index is 475. The van der Waals surface area contributed by atoms with Crippen molar-refractivity contribution in [3.8, 4) is 0 Å². The van der Waals surface area contributed by atoms with Crippen LogP contribution in [0.25, 0.3) is 0 Å². The first-order chi connectivity index (χ1) is 9.99. The van der Waals surface area contributed by atoms with Gasteiger partial charge in [0.25, 0.3) is 0 Å². The fraction of sp³-hybridized carbons (Fsp3) is 0.545. The Balaban J connectivity index is 2.23. The zero-order chi connectivity index (χ0) is 15.7. The van der Waals surface area contributed by atoms with Gasteiger partial charge in [-0.3, -0.25) is 9.89 Å². The highest BCUT2D eigenvalue weighted by Gasteiger charge is 2.20.